The van der Waals surface area contributed by atoms with E-state index >= 15 is 0 Å². The molecule has 74 valence electrons. The van der Waals surface area contributed by atoms with Crippen LogP contribution in [0.2, 0.25) is 0 Å². The zero-order valence-corrected chi connectivity index (χ0v) is 9.41. The lowest BCUT2D eigenvalue weighted by Crippen LogP contribution is -2.16. The van der Waals surface area contributed by atoms with E-state index in [0.717, 1.165) is 0 Å². The van der Waals surface area contributed by atoms with E-state index in [1.165, 1.54) is 5.56 Å². The number of hydrogen-bond acceptors (Lipinski definition) is 1. The Morgan fingerprint density at radius 3 is 1.85 bits per heavy atom. The summed E-state index contributed by atoms with van der Waals surface area (Å²) in [5, 5.41) is 0. The molecular weight excluding hydrogens is 158 g/mol. The molecule has 0 aliphatic heterocycles. The summed E-state index contributed by atoms with van der Waals surface area (Å²) in [6.45, 7) is 6.20. The number of nitrogens with zero attached hydrogens (tertiary/aromatic N) is 1. The summed E-state index contributed by atoms with van der Waals surface area (Å²) in [5.41, 5.74) is 1.37. The summed E-state index contributed by atoms with van der Waals surface area (Å²) in [4.78, 5) is 2.20. The van der Waals surface area contributed by atoms with E-state index in [0.29, 0.717) is 6.04 Å². The summed E-state index contributed by atoms with van der Waals surface area (Å²) >= 11 is 0. The minimum absolute atomic E-state index is 0.510. The van der Waals surface area contributed by atoms with Crippen LogP contribution in [0.3, 0.4) is 0 Å². The highest BCUT2D eigenvalue weighted by atomic mass is 15.1. The van der Waals surface area contributed by atoms with Gasteiger partial charge in [0.15, 0.2) is 0 Å². The Morgan fingerprint density at radius 2 is 1.46 bits per heavy atom. The molecule has 1 unspecified atom stereocenters. The zero-order valence-electron chi connectivity index (χ0n) is 9.41. The molecule has 0 fully saturated rings. The number of rotatable bonds is 2. The van der Waals surface area contributed by atoms with Crippen molar-refractivity contribution in [2.45, 2.75) is 26.8 Å². The third-order valence-electron chi connectivity index (χ3n) is 2.06. The monoisotopic (exact) mass is 179 g/mol. The Hall–Kier alpha value is -0.820. The molecule has 0 heterocycles. The van der Waals surface area contributed by atoms with Crippen LogP contribution in [0, 0.1) is 0 Å². The summed E-state index contributed by atoms with van der Waals surface area (Å²) in [6.07, 6.45) is 0. The van der Waals surface area contributed by atoms with Crippen LogP contribution in [0.15, 0.2) is 30.3 Å². The van der Waals surface area contributed by atoms with Gasteiger partial charge >= 0.3 is 0 Å². The SMILES string of the molecule is CC.CC(c1ccccc1)N(C)C. The first-order valence-corrected chi connectivity index (χ1v) is 4.93. The maximum absolute atomic E-state index is 2.20. The van der Waals surface area contributed by atoms with Crippen molar-refractivity contribution in [1.82, 2.24) is 4.90 Å². The molecule has 0 spiro atoms. The van der Waals surface area contributed by atoms with Crippen LogP contribution in [0.4, 0.5) is 0 Å². The molecule has 1 atom stereocenters. The molecule has 0 amide bonds. The Balaban J connectivity index is 0.000000671. The van der Waals surface area contributed by atoms with Gasteiger partial charge in [-0.3, -0.25) is 0 Å². The van der Waals surface area contributed by atoms with Gasteiger partial charge in [0.1, 0.15) is 0 Å². The normalized spacial score (nSPS) is 11.8. The second kappa shape index (κ2) is 6.67. The minimum atomic E-state index is 0.510. The van der Waals surface area contributed by atoms with Crippen molar-refractivity contribution in [3.05, 3.63) is 35.9 Å². The summed E-state index contributed by atoms with van der Waals surface area (Å²) < 4.78 is 0. The van der Waals surface area contributed by atoms with Gasteiger partial charge in [0.2, 0.25) is 0 Å². The van der Waals surface area contributed by atoms with Gasteiger partial charge in [-0.2, -0.15) is 0 Å². The first-order valence-electron chi connectivity index (χ1n) is 4.93. The largest absolute Gasteiger partial charge is 0.303 e. The van der Waals surface area contributed by atoms with Gasteiger partial charge < -0.3 is 4.90 Å². The highest BCUT2D eigenvalue weighted by molar-refractivity contribution is 5.17. The minimum Gasteiger partial charge on any atom is -0.303 e. The third kappa shape index (κ3) is 4.09. The lowest BCUT2D eigenvalue weighted by atomic mass is 10.1. The van der Waals surface area contributed by atoms with E-state index in [2.05, 4.69) is 50.2 Å². The van der Waals surface area contributed by atoms with Crippen LogP contribution < -0.4 is 0 Å². The molecule has 1 rings (SSSR count). The lowest BCUT2D eigenvalue weighted by Gasteiger charge is -2.19. The molecule has 0 N–H and O–H groups in total. The molecule has 0 bridgehead atoms. The van der Waals surface area contributed by atoms with Gasteiger partial charge in [0.25, 0.3) is 0 Å². The van der Waals surface area contributed by atoms with Crippen LogP contribution in [-0.2, 0) is 0 Å². The molecule has 1 nitrogen and oxygen atoms in total. The van der Waals surface area contributed by atoms with Crippen molar-refractivity contribution in [1.29, 1.82) is 0 Å². The Kier molecular flexibility index (Phi) is 6.25. The molecule has 0 radical (unpaired) electrons. The quantitative estimate of drug-likeness (QED) is 0.673. The van der Waals surface area contributed by atoms with Crippen molar-refractivity contribution in [2.24, 2.45) is 0 Å². The highest BCUT2D eigenvalue weighted by Gasteiger charge is 2.04. The summed E-state index contributed by atoms with van der Waals surface area (Å²) in [5.74, 6) is 0. The molecule has 0 aromatic heterocycles. The maximum atomic E-state index is 2.20. The smallest absolute Gasteiger partial charge is 0.0313 e. The topological polar surface area (TPSA) is 3.24 Å². The molecule has 0 aliphatic carbocycles. The zero-order chi connectivity index (χ0) is 10.3. The first-order chi connectivity index (χ1) is 6.22. The highest BCUT2D eigenvalue weighted by Crippen LogP contribution is 2.15. The van der Waals surface area contributed by atoms with Gasteiger partial charge in [-0.05, 0) is 26.6 Å². The molecule has 0 saturated carbocycles. The Morgan fingerprint density at radius 1 is 1.00 bits per heavy atom. The standard InChI is InChI=1S/C10H15N.C2H6/c1-9(11(2)3)10-7-5-4-6-8-10;1-2/h4-9H,1-3H3;1-2H3. The summed E-state index contributed by atoms with van der Waals surface area (Å²) in [6, 6.07) is 11.0. The van der Waals surface area contributed by atoms with Crippen LogP contribution in [0.1, 0.15) is 32.4 Å². The van der Waals surface area contributed by atoms with Gasteiger partial charge in [0.05, 0.1) is 0 Å². The van der Waals surface area contributed by atoms with E-state index in [4.69, 9.17) is 0 Å². The average molecular weight is 179 g/mol. The first kappa shape index (κ1) is 12.2. The van der Waals surface area contributed by atoms with E-state index in [-0.39, 0.29) is 0 Å². The van der Waals surface area contributed by atoms with Crippen LogP contribution in [0.5, 0.6) is 0 Å². The van der Waals surface area contributed by atoms with E-state index in [1.54, 1.807) is 0 Å². The predicted molar refractivity (Wildman–Crippen MR) is 59.9 cm³/mol. The summed E-state index contributed by atoms with van der Waals surface area (Å²) in [7, 11) is 4.19. The average Bonchev–Trinajstić information content (AvgIpc) is 2.21. The van der Waals surface area contributed by atoms with Gasteiger partial charge in [-0.25, -0.2) is 0 Å². The molecule has 13 heavy (non-hydrogen) atoms. The Bertz CT molecular complexity index is 204. The second-order valence-corrected chi connectivity index (χ2v) is 3.05. The fourth-order valence-corrected chi connectivity index (χ4v) is 1.03. The van der Waals surface area contributed by atoms with Crippen LogP contribution in [-0.4, -0.2) is 19.0 Å². The van der Waals surface area contributed by atoms with Crippen molar-refractivity contribution in [2.75, 3.05) is 14.1 Å². The third-order valence-corrected chi connectivity index (χ3v) is 2.06. The van der Waals surface area contributed by atoms with Gasteiger partial charge in [0, 0.05) is 6.04 Å². The predicted octanol–water partition coefficient (Wildman–Crippen LogP) is 3.34. The Labute approximate surface area is 82.4 Å². The fourth-order valence-electron chi connectivity index (χ4n) is 1.03. The van der Waals surface area contributed by atoms with Crippen molar-refractivity contribution in [3.63, 3.8) is 0 Å². The van der Waals surface area contributed by atoms with E-state index in [1.807, 2.05) is 19.9 Å². The van der Waals surface area contributed by atoms with Crippen LogP contribution in [0.25, 0.3) is 0 Å². The van der Waals surface area contributed by atoms with E-state index in [9.17, 15) is 0 Å². The van der Waals surface area contributed by atoms with Crippen molar-refractivity contribution >= 4 is 0 Å². The van der Waals surface area contributed by atoms with Gasteiger partial charge in [-0.15, -0.1) is 0 Å². The fraction of sp³-hybridized carbons (Fsp3) is 0.500. The lowest BCUT2D eigenvalue weighted by molar-refractivity contribution is 0.321. The number of benzene rings is 1. The maximum Gasteiger partial charge on any atom is 0.0313 e. The van der Waals surface area contributed by atoms with Crippen molar-refractivity contribution in [3.8, 4) is 0 Å². The molecule has 1 aromatic carbocycles. The molecule has 1 aromatic rings. The van der Waals surface area contributed by atoms with Crippen molar-refractivity contribution < 1.29 is 0 Å². The number of hydrogen-bond donors (Lipinski definition) is 0. The van der Waals surface area contributed by atoms with Gasteiger partial charge in [-0.1, -0.05) is 44.2 Å². The second-order valence-electron chi connectivity index (χ2n) is 3.05. The van der Waals surface area contributed by atoms with E-state index < -0.39 is 0 Å². The molecule has 0 saturated heterocycles. The van der Waals surface area contributed by atoms with Crippen LogP contribution >= 0.6 is 0 Å². The molecule has 0 aliphatic rings. The molecular formula is C12H21N. The molecule has 1 heteroatoms.